The second-order valence-corrected chi connectivity index (χ2v) is 5.39. The van der Waals surface area contributed by atoms with Gasteiger partial charge in [0.25, 0.3) is 0 Å². The van der Waals surface area contributed by atoms with E-state index in [9.17, 15) is 0 Å². The van der Waals surface area contributed by atoms with Gasteiger partial charge < -0.3 is 0 Å². The standard InChI is InChI=1S/C13H20ClN3/c1-10(2)17-7-3-4-12(17)6-5-11-8-13(14)16-9-15-11/h8-10,12H,3-7H2,1-2H3. The SMILES string of the molecule is CC(C)N1CCCC1CCc1cc(Cl)ncn1. The van der Waals surface area contributed by atoms with E-state index in [0.29, 0.717) is 17.2 Å². The van der Waals surface area contributed by atoms with Crippen LogP contribution in [0.2, 0.25) is 5.15 Å². The second-order valence-electron chi connectivity index (χ2n) is 5.00. The topological polar surface area (TPSA) is 29.0 Å². The summed E-state index contributed by atoms with van der Waals surface area (Å²) in [4.78, 5) is 10.8. The largest absolute Gasteiger partial charge is 0.298 e. The van der Waals surface area contributed by atoms with Crippen molar-refractivity contribution in [3.05, 3.63) is 23.2 Å². The number of aromatic nitrogens is 2. The Morgan fingerprint density at radius 3 is 3.00 bits per heavy atom. The van der Waals surface area contributed by atoms with Crippen LogP contribution in [0, 0.1) is 0 Å². The van der Waals surface area contributed by atoms with Crippen LogP contribution >= 0.6 is 11.6 Å². The van der Waals surface area contributed by atoms with Crippen molar-refractivity contribution in [3.8, 4) is 0 Å². The van der Waals surface area contributed by atoms with Crippen LogP contribution in [0.1, 0.15) is 38.8 Å². The van der Waals surface area contributed by atoms with Crippen molar-refractivity contribution in [1.82, 2.24) is 14.9 Å². The first kappa shape index (κ1) is 12.8. The Labute approximate surface area is 108 Å². The molecule has 94 valence electrons. The maximum absolute atomic E-state index is 5.86. The number of hydrogen-bond acceptors (Lipinski definition) is 3. The fourth-order valence-corrected chi connectivity index (χ4v) is 2.84. The Bertz CT molecular complexity index is 367. The lowest BCUT2D eigenvalue weighted by Gasteiger charge is -2.28. The van der Waals surface area contributed by atoms with Crippen molar-refractivity contribution >= 4 is 11.6 Å². The molecular weight excluding hydrogens is 234 g/mol. The van der Waals surface area contributed by atoms with E-state index in [-0.39, 0.29) is 0 Å². The van der Waals surface area contributed by atoms with E-state index in [2.05, 4.69) is 28.7 Å². The van der Waals surface area contributed by atoms with E-state index in [1.54, 1.807) is 6.33 Å². The molecule has 2 heterocycles. The molecule has 1 fully saturated rings. The van der Waals surface area contributed by atoms with Gasteiger partial charge in [0.15, 0.2) is 0 Å². The minimum Gasteiger partial charge on any atom is -0.298 e. The zero-order valence-electron chi connectivity index (χ0n) is 10.6. The molecule has 0 aliphatic carbocycles. The van der Waals surface area contributed by atoms with E-state index in [0.717, 1.165) is 12.1 Å². The molecule has 4 heteroatoms. The molecule has 1 atom stereocenters. The molecule has 0 N–H and O–H groups in total. The Morgan fingerprint density at radius 1 is 1.47 bits per heavy atom. The highest BCUT2D eigenvalue weighted by Crippen LogP contribution is 2.23. The molecule has 1 aliphatic rings. The van der Waals surface area contributed by atoms with Crippen LogP contribution < -0.4 is 0 Å². The quantitative estimate of drug-likeness (QED) is 0.773. The fourth-order valence-electron chi connectivity index (χ4n) is 2.67. The molecule has 1 unspecified atom stereocenters. The summed E-state index contributed by atoms with van der Waals surface area (Å²) in [5.41, 5.74) is 1.06. The summed E-state index contributed by atoms with van der Waals surface area (Å²) in [5.74, 6) is 0. The summed E-state index contributed by atoms with van der Waals surface area (Å²) in [6.45, 7) is 5.80. The van der Waals surface area contributed by atoms with Gasteiger partial charge >= 0.3 is 0 Å². The molecule has 17 heavy (non-hydrogen) atoms. The van der Waals surface area contributed by atoms with Gasteiger partial charge in [0.1, 0.15) is 11.5 Å². The van der Waals surface area contributed by atoms with Crippen LogP contribution in [0.15, 0.2) is 12.4 Å². The molecule has 0 aromatic carbocycles. The van der Waals surface area contributed by atoms with Gasteiger partial charge in [-0.25, -0.2) is 9.97 Å². The number of aryl methyl sites for hydroxylation is 1. The van der Waals surface area contributed by atoms with Gasteiger partial charge in [0, 0.05) is 17.8 Å². The minimum absolute atomic E-state index is 0.544. The zero-order chi connectivity index (χ0) is 12.3. The molecule has 3 nitrogen and oxygen atoms in total. The van der Waals surface area contributed by atoms with Gasteiger partial charge in [-0.1, -0.05) is 11.6 Å². The minimum atomic E-state index is 0.544. The fraction of sp³-hybridized carbons (Fsp3) is 0.692. The van der Waals surface area contributed by atoms with Crippen molar-refractivity contribution < 1.29 is 0 Å². The van der Waals surface area contributed by atoms with Crippen LogP contribution in [-0.2, 0) is 6.42 Å². The van der Waals surface area contributed by atoms with Gasteiger partial charge in [-0.2, -0.15) is 0 Å². The summed E-state index contributed by atoms with van der Waals surface area (Å²) in [6, 6.07) is 3.23. The van der Waals surface area contributed by atoms with Crippen molar-refractivity contribution in [2.45, 2.75) is 51.6 Å². The highest BCUT2D eigenvalue weighted by Gasteiger charge is 2.25. The van der Waals surface area contributed by atoms with Gasteiger partial charge in [-0.15, -0.1) is 0 Å². The third kappa shape index (κ3) is 3.39. The van der Waals surface area contributed by atoms with E-state index in [1.807, 2.05) is 6.07 Å². The van der Waals surface area contributed by atoms with Crippen molar-refractivity contribution in [1.29, 1.82) is 0 Å². The molecule has 1 saturated heterocycles. The third-order valence-electron chi connectivity index (χ3n) is 3.51. The molecule has 1 aromatic heterocycles. The van der Waals surface area contributed by atoms with E-state index >= 15 is 0 Å². The number of halogens is 1. The van der Waals surface area contributed by atoms with Gasteiger partial charge in [-0.05, 0) is 52.1 Å². The molecular formula is C13H20ClN3. The van der Waals surface area contributed by atoms with Gasteiger partial charge in [0.2, 0.25) is 0 Å². The van der Waals surface area contributed by atoms with Crippen LogP contribution in [0.5, 0.6) is 0 Å². The first-order chi connectivity index (χ1) is 8.16. The molecule has 2 rings (SSSR count). The number of likely N-dealkylation sites (tertiary alicyclic amines) is 1. The maximum atomic E-state index is 5.86. The first-order valence-corrected chi connectivity index (χ1v) is 6.77. The lowest BCUT2D eigenvalue weighted by atomic mass is 10.1. The molecule has 0 amide bonds. The van der Waals surface area contributed by atoms with Crippen LogP contribution in [-0.4, -0.2) is 33.5 Å². The van der Waals surface area contributed by atoms with Crippen molar-refractivity contribution in [3.63, 3.8) is 0 Å². The average molecular weight is 254 g/mol. The van der Waals surface area contributed by atoms with Crippen LogP contribution in [0.25, 0.3) is 0 Å². The molecule has 0 spiro atoms. The average Bonchev–Trinajstić information content (AvgIpc) is 2.74. The highest BCUT2D eigenvalue weighted by molar-refractivity contribution is 6.29. The molecule has 0 bridgehead atoms. The molecule has 1 aromatic rings. The predicted octanol–water partition coefficient (Wildman–Crippen LogP) is 2.94. The number of rotatable bonds is 4. The Kier molecular flexibility index (Phi) is 4.35. The Hall–Kier alpha value is -0.670. The molecule has 1 aliphatic heterocycles. The normalized spacial score (nSPS) is 21.3. The second kappa shape index (κ2) is 5.78. The number of nitrogens with zero attached hydrogens (tertiary/aromatic N) is 3. The zero-order valence-corrected chi connectivity index (χ0v) is 11.3. The smallest absolute Gasteiger partial charge is 0.132 e. The summed E-state index contributed by atoms with van der Waals surface area (Å²) in [6.07, 6.45) is 6.36. The summed E-state index contributed by atoms with van der Waals surface area (Å²) >= 11 is 5.86. The maximum Gasteiger partial charge on any atom is 0.132 e. The van der Waals surface area contributed by atoms with E-state index in [4.69, 9.17) is 11.6 Å². The summed E-state index contributed by atoms with van der Waals surface area (Å²) < 4.78 is 0. The number of hydrogen-bond donors (Lipinski definition) is 0. The van der Waals surface area contributed by atoms with Crippen molar-refractivity contribution in [2.75, 3.05) is 6.54 Å². The highest BCUT2D eigenvalue weighted by atomic mass is 35.5. The van der Waals surface area contributed by atoms with E-state index in [1.165, 1.54) is 25.8 Å². The lowest BCUT2D eigenvalue weighted by molar-refractivity contribution is 0.195. The lowest BCUT2D eigenvalue weighted by Crippen LogP contribution is -2.35. The van der Waals surface area contributed by atoms with Gasteiger partial charge in [0.05, 0.1) is 0 Å². The molecule has 0 saturated carbocycles. The first-order valence-electron chi connectivity index (χ1n) is 6.39. The summed E-state index contributed by atoms with van der Waals surface area (Å²) in [7, 11) is 0. The Balaban J connectivity index is 1.89. The third-order valence-corrected chi connectivity index (χ3v) is 3.72. The van der Waals surface area contributed by atoms with Crippen molar-refractivity contribution in [2.24, 2.45) is 0 Å². The van der Waals surface area contributed by atoms with E-state index < -0.39 is 0 Å². The predicted molar refractivity (Wildman–Crippen MR) is 70.2 cm³/mol. The molecule has 0 radical (unpaired) electrons. The van der Waals surface area contributed by atoms with Crippen LogP contribution in [0.4, 0.5) is 0 Å². The van der Waals surface area contributed by atoms with Gasteiger partial charge in [-0.3, -0.25) is 4.90 Å². The van der Waals surface area contributed by atoms with Crippen LogP contribution in [0.3, 0.4) is 0 Å². The monoisotopic (exact) mass is 253 g/mol. The summed E-state index contributed by atoms with van der Waals surface area (Å²) in [5, 5.41) is 0.544. The Morgan fingerprint density at radius 2 is 2.29 bits per heavy atom.